The number of para-hydroxylation sites is 1. The molecule has 0 spiro atoms. The second-order valence-electron chi connectivity index (χ2n) is 7.56. The van der Waals surface area contributed by atoms with E-state index in [-0.39, 0.29) is 5.41 Å². The van der Waals surface area contributed by atoms with Crippen LogP contribution in [0, 0.1) is 0 Å². The third kappa shape index (κ3) is 1.65. The molecule has 0 radical (unpaired) electrons. The number of fused-ring (bicyclic) bond motifs is 5. The molecule has 2 aliphatic rings. The van der Waals surface area contributed by atoms with Gasteiger partial charge in [0, 0.05) is 23.8 Å². The zero-order chi connectivity index (χ0) is 16.5. The van der Waals surface area contributed by atoms with Crippen LogP contribution in [0.2, 0.25) is 0 Å². The predicted molar refractivity (Wildman–Crippen MR) is 101 cm³/mol. The summed E-state index contributed by atoms with van der Waals surface area (Å²) in [5.41, 5.74) is 11.3. The van der Waals surface area contributed by atoms with Gasteiger partial charge in [-0.25, -0.2) is 0 Å². The standard InChI is InChI=1S/C23H21N/c1-23(2)19-10-6-7-11-21(19)24(3)22-13-16-12-15-8-4-5-9-17(15)18(16)14-20(22)23/h4-11,13-14H,12H2,1-3H3. The number of hydrogen-bond donors (Lipinski definition) is 0. The molecular formula is C23H21N. The molecule has 0 atom stereocenters. The van der Waals surface area contributed by atoms with E-state index in [1.807, 2.05) is 0 Å². The Morgan fingerprint density at radius 1 is 0.750 bits per heavy atom. The minimum Gasteiger partial charge on any atom is -0.344 e. The summed E-state index contributed by atoms with van der Waals surface area (Å²) in [5.74, 6) is 0. The minimum atomic E-state index is 0.0188. The highest BCUT2D eigenvalue weighted by Gasteiger charge is 2.36. The number of hydrogen-bond acceptors (Lipinski definition) is 1. The first-order chi connectivity index (χ1) is 11.6. The summed E-state index contributed by atoms with van der Waals surface area (Å²) in [6.45, 7) is 4.70. The SMILES string of the molecule is CN1c2ccccc2C(C)(C)c2cc3c(cc21)Cc1ccccc1-3. The average Bonchev–Trinajstić information content (AvgIpc) is 2.97. The summed E-state index contributed by atoms with van der Waals surface area (Å²) in [5, 5.41) is 0. The first-order valence-corrected chi connectivity index (χ1v) is 8.66. The molecule has 1 aliphatic heterocycles. The number of rotatable bonds is 0. The highest BCUT2D eigenvalue weighted by Crippen LogP contribution is 2.51. The van der Waals surface area contributed by atoms with E-state index in [4.69, 9.17) is 0 Å². The summed E-state index contributed by atoms with van der Waals surface area (Å²) in [6.07, 6.45) is 1.05. The second-order valence-corrected chi connectivity index (χ2v) is 7.56. The van der Waals surface area contributed by atoms with Crippen molar-refractivity contribution in [1.29, 1.82) is 0 Å². The van der Waals surface area contributed by atoms with Gasteiger partial charge in [-0.1, -0.05) is 56.3 Å². The Labute approximate surface area is 143 Å². The molecule has 0 amide bonds. The Morgan fingerprint density at radius 2 is 1.50 bits per heavy atom. The lowest BCUT2D eigenvalue weighted by Crippen LogP contribution is -2.30. The maximum atomic E-state index is 2.45. The molecule has 0 bridgehead atoms. The summed E-state index contributed by atoms with van der Waals surface area (Å²) in [6, 6.07) is 22.5. The first-order valence-electron chi connectivity index (χ1n) is 8.66. The average molecular weight is 311 g/mol. The van der Waals surface area contributed by atoms with Crippen LogP contribution < -0.4 is 4.90 Å². The van der Waals surface area contributed by atoms with Gasteiger partial charge < -0.3 is 4.90 Å². The van der Waals surface area contributed by atoms with E-state index in [2.05, 4.69) is 86.5 Å². The molecule has 1 heterocycles. The number of nitrogens with zero attached hydrogens (tertiary/aromatic N) is 1. The maximum absolute atomic E-state index is 2.45. The first kappa shape index (κ1) is 13.9. The fourth-order valence-electron chi connectivity index (χ4n) is 4.52. The van der Waals surface area contributed by atoms with E-state index in [0.717, 1.165) is 6.42 Å². The molecule has 1 nitrogen and oxygen atoms in total. The van der Waals surface area contributed by atoms with Crippen LogP contribution in [0.15, 0.2) is 60.7 Å². The van der Waals surface area contributed by atoms with E-state index in [1.165, 1.54) is 44.8 Å². The maximum Gasteiger partial charge on any atom is 0.0452 e. The van der Waals surface area contributed by atoms with Crippen LogP contribution in [-0.4, -0.2) is 7.05 Å². The fourth-order valence-corrected chi connectivity index (χ4v) is 4.52. The van der Waals surface area contributed by atoms with Gasteiger partial charge in [0.25, 0.3) is 0 Å². The van der Waals surface area contributed by atoms with E-state index in [0.29, 0.717) is 0 Å². The molecule has 0 unspecified atom stereocenters. The lowest BCUT2D eigenvalue weighted by Gasteiger charge is -2.40. The molecule has 24 heavy (non-hydrogen) atoms. The van der Waals surface area contributed by atoms with Gasteiger partial charge in [-0.3, -0.25) is 0 Å². The molecule has 0 fully saturated rings. The molecule has 3 aromatic carbocycles. The highest BCUT2D eigenvalue weighted by atomic mass is 15.1. The van der Waals surface area contributed by atoms with E-state index < -0.39 is 0 Å². The van der Waals surface area contributed by atoms with E-state index in [1.54, 1.807) is 0 Å². The van der Waals surface area contributed by atoms with Crippen LogP contribution in [-0.2, 0) is 11.8 Å². The van der Waals surface area contributed by atoms with Crippen LogP contribution in [0.5, 0.6) is 0 Å². The number of anilines is 2. The molecule has 1 heteroatoms. The molecular weight excluding hydrogens is 290 g/mol. The van der Waals surface area contributed by atoms with Gasteiger partial charge in [-0.05, 0) is 58.0 Å². The van der Waals surface area contributed by atoms with Gasteiger partial charge in [0.2, 0.25) is 0 Å². The van der Waals surface area contributed by atoms with Crippen LogP contribution in [0.4, 0.5) is 11.4 Å². The summed E-state index contributed by atoms with van der Waals surface area (Å²) >= 11 is 0. The Bertz CT molecular complexity index is 981. The molecule has 0 aromatic heterocycles. The lowest BCUT2D eigenvalue weighted by molar-refractivity contribution is 0.629. The van der Waals surface area contributed by atoms with Gasteiger partial charge in [0.15, 0.2) is 0 Å². The second kappa shape index (κ2) is 4.51. The Hall–Kier alpha value is -2.54. The molecule has 0 N–H and O–H groups in total. The van der Waals surface area contributed by atoms with Crippen molar-refractivity contribution in [3.05, 3.63) is 82.9 Å². The van der Waals surface area contributed by atoms with Crippen LogP contribution in [0.1, 0.15) is 36.1 Å². The Morgan fingerprint density at radius 3 is 2.38 bits per heavy atom. The predicted octanol–water partition coefficient (Wildman–Crippen LogP) is 5.67. The topological polar surface area (TPSA) is 3.24 Å². The fraction of sp³-hybridized carbons (Fsp3) is 0.217. The molecule has 1 aliphatic carbocycles. The molecule has 0 saturated carbocycles. The molecule has 0 saturated heterocycles. The van der Waals surface area contributed by atoms with Crippen LogP contribution in [0.25, 0.3) is 11.1 Å². The van der Waals surface area contributed by atoms with Crippen molar-refractivity contribution in [2.75, 3.05) is 11.9 Å². The van der Waals surface area contributed by atoms with E-state index >= 15 is 0 Å². The van der Waals surface area contributed by atoms with Crippen molar-refractivity contribution in [3.63, 3.8) is 0 Å². The van der Waals surface area contributed by atoms with Crippen molar-refractivity contribution in [3.8, 4) is 11.1 Å². The monoisotopic (exact) mass is 311 g/mol. The molecule has 118 valence electrons. The summed E-state index contributed by atoms with van der Waals surface area (Å²) in [4.78, 5) is 2.36. The van der Waals surface area contributed by atoms with Crippen molar-refractivity contribution < 1.29 is 0 Å². The zero-order valence-electron chi connectivity index (χ0n) is 14.4. The molecule has 5 rings (SSSR count). The van der Waals surface area contributed by atoms with Crippen molar-refractivity contribution in [2.45, 2.75) is 25.7 Å². The normalized spacial score (nSPS) is 16.2. The quantitative estimate of drug-likeness (QED) is 0.405. The zero-order valence-corrected chi connectivity index (χ0v) is 14.4. The Balaban J connectivity index is 1.79. The van der Waals surface area contributed by atoms with Crippen molar-refractivity contribution in [2.24, 2.45) is 0 Å². The Kier molecular flexibility index (Phi) is 2.60. The third-order valence-corrected chi connectivity index (χ3v) is 5.88. The van der Waals surface area contributed by atoms with Gasteiger partial charge in [-0.15, -0.1) is 0 Å². The molecule has 3 aromatic rings. The summed E-state index contributed by atoms with van der Waals surface area (Å²) < 4.78 is 0. The van der Waals surface area contributed by atoms with Crippen LogP contribution in [0.3, 0.4) is 0 Å². The van der Waals surface area contributed by atoms with E-state index in [9.17, 15) is 0 Å². The van der Waals surface area contributed by atoms with Crippen molar-refractivity contribution in [1.82, 2.24) is 0 Å². The third-order valence-electron chi connectivity index (χ3n) is 5.88. The number of benzene rings is 3. The minimum absolute atomic E-state index is 0.0188. The van der Waals surface area contributed by atoms with Gasteiger partial charge in [-0.2, -0.15) is 0 Å². The smallest absolute Gasteiger partial charge is 0.0452 e. The summed E-state index contributed by atoms with van der Waals surface area (Å²) in [7, 11) is 2.20. The van der Waals surface area contributed by atoms with Gasteiger partial charge >= 0.3 is 0 Å². The van der Waals surface area contributed by atoms with Gasteiger partial charge in [0.05, 0.1) is 0 Å². The van der Waals surface area contributed by atoms with Crippen molar-refractivity contribution >= 4 is 11.4 Å². The highest BCUT2D eigenvalue weighted by molar-refractivity contribution is 5.85. The largest absolute Gasteiger partial charge is 0.344 e. The lowest BCUT2D eigenvalue weighted by atomic mass is 9.73. The van der Waals surface area contributed by atoms with Gasteiger partial charge in [0.1, 0.15) is 0 Å². The van der Waals surface area contributed by atoms with Crippen LogP contribution >= 0.6 is 0 Å².